The van der Waals surface area contributed by atoms with Crippen LogP contribution in [0.2, 0.25) is 0 Å². The van der Waals surface area contributed by atoms with Gasteiger partial charge in [0.25, 0.3) is 0 Å². The molecule has 0 aliphatic rings. The number of aromatic nitrogens is 1. The zero-order valence-corrected chi connectivity index (χ0v) is 12.9. The Balaban J connectivity index is 1.81. The first-order chi connectivity index (χ1) is 10.7. The molecule has 3 aromatic rings. The molecule has 0 bridgehead atoms. The van der Waals surface area contributed by atoms with Gasteiger partial charge in [-0.25, -0.2) is 4.98 Å². The molecule has 0 N–H and O–H groups in total. The minimum absolute atomic E-state index is 0.530. The van der Waals surface area contributed by atoms with Gasteiger partial charge in [-0.05, 0) is 41.7 Å². The van der Waals surface area contributed by atoms with Crippen LogP contribution in [0.15, 0.2) is 66.9 Å². The van der Waals surface area contributed by atoms with Crippen molar-refractivity contribution in [2.75, 3.05) is 0 Å². The average molecular weight is 289 g/mol. The maximum atomic E-state index is 5.81. The van der Waals surface area contributed by atoms with Crippen molar-refractivity contribution in [3.63, 3.8) is 0 Å². The Kier molecular flexibility index (Phi) is 4.19. The van der Waals surface area contributed by atoms with Gasteiger partial charge in [-0.15, -0.1) is 0 Å². The molecule has 0 aliphatic carbocycles. The van der Waals surface area contributed by atoms with E-state index in [0.717, 1.165) is 5.56 Å². The van der Waals surface area contributed by atoms with Gasteiger partial charge in [0.15, 0.2) is 0 Å². The summed E-state index contributed by atoms with van der Waals surface area (Å²) in [6.45, 7) is 4.69. The predicted octanol–water partition coefficient (Wildman–Crippen LogP) is 4.94. The average Bonchev–Trinajstić information content (AvgIpc) is 2.56. The van der Waals surface area contributed by atoms with Gasteiger partial charge in [0, 0.05) is 12.3 Å². The summed E-state index contributed by atoms with van der Waals surface area (Å²) in [6.07, 6.45) is 1.82. The largest absolute Gasteiger partial charge is 0.473 e. The van der Waals surface area contributed by atoms with E-state index in [0.29, 0.717) is 12.5 Å². The molecular formula is C20H19NO. The van der Waals surface area contributed by atoms with E-state index in [1.54, 1.807) is 0 Å². The van der Waals surface area contributed by atoms with Crippen molar-refractivity contribution in [3.05, 3.63) is 83.6 Å². The monoisotopic (exact) mass is 289 g/mol. The van der Waals surface area contributed by atoms with E-state index >= 15 is 0 Å². The Bertz CT molecular complexity index is 748. The van der Waals surface area contributed by atoms with Crippen LogP contribution in [-0.4, -0.2) is 4.98 Å². The van der Waals surface area contributed by atoms with E-state index in [2.05, 4.69) is 54.4 Å². The number of hydrogen-bond donors (Lipinski definition) is 0. The summed E-state index contributed by atoms with van der Waals surface area (Å²) < 4.78 is 5.81. The Morgan fingerprint density at radius 2 is 1.68 bits per heavy atom. The van der Waals surface area contributed by atoms with Gasteiger partial charge in [0.05, 0.1) is 0 Å². The number of benzene rings is 2. The Morgan fingerprint density at radius 1 is 0.864 bits per heavy atom. The normalized spacial score (nSPS) is 10.5. The third kappa shape index (κ3) is 3.17. The maximum absolute atomic E-state index is 5.81. The molecule has 22 heavy (non-hydrogen) atoms. The second kappa shape index (κ2) is 6.44. The maximum Gasteiger partial charge on any atom is 0.213 e. The molecule has 2 aromatic carbocycles. The minimum atomic E-state index is 0.530. The number of pyridine rings is 1. The van der Waals surface area contributed by atoms with Crippen LogP contribution in [0.4, 0.5) is 0 Å². The summed E-state index contributed by atoms with van der Waals surface area (Å²) in [4.78, 5) is 4.28. The van der Waals surface area contributed by atoms with E-state index in [1.807, 2.05) is 31.3 Å². The summed E-state index contributed by atoms with van der Waals surface area (Å²) in [5.41, 5.74) is 6.05. The lowest BCUT2D eigenvalue weighted by atomic mass is 9.97. The third-order valence-electron chi connectivity index (χ3n) is 3.79. The summed E-state index contributed by atoms with van der Waals surface area (Å²) in [6, 6.07) is 20.7. The Labute approximate surface area is 131 Å². The van der Waals surface area contributed by atoms with E-state index in [-0.39, 0.29) is 0 Å². The number of aryl methyl sites for hydroxylation is 1. The summed E-state index contributed by atoms with van der Waals surface area (Å²) >= 11 is 0. The zero-order chi connectivity index (χ0) is 15.4. The van der Waals surface area contributed by atoms with Crippen molar-refractivity contribution in [1.29, 1.82) is 0 Å². The second-order valence-corrected chi connectivity index (χ2v) is 5.42. The second-order valence-electron chi connectivity index (χ2n) is 5.42. The lowest BCUT2D eigenvalue weighted by molar-refractivity contribution is 0.293. The fraction of sp³-hybridized carbons (Fsp3) is 0.150. The fourth-order valence-electron chi connectivity index (χ4n) is 2.46. The predicted molar refractivity (Wildman–Crippen MR) is 89.9 cm³/mol. The molecule has 0 atom stereocenters. The van der Waals surface area contributed by atoms with Crippen molar-refractivity contribution in [2.24, 2.45) is 0 Å². The van der Waals surface area contributed by atoms with Gasteiger partial charge in [-0.1, -0.05) is 54.6 Å². The number of nitrogens with zero attached hydrogens (tertiary/aromatic N) is 1. The molecular weight excluding hydrogens is 270 g/mol. The van der Waals surface area contributed by atoms with Crippen LogP contribution < -0.4 is 4.74 Å². The molecule has 0 unspecified atom stereocenters. The number of ether oxygens (including phenoxy) is 1. The van der Waals surface area contributed by atoms with Crippen LogP contribution >= 0.6 is 0 Å². The lowest BCUT2D eigenvalue weighted by Crippen LogP contribution is -2.00. The molecule has 0 spiro atoms. The molecule has 2 nitrogen and oxygen atoms in total. The molecule has 3 rings (SSSR count). The molecule has 0 saturated heterocycles. The van der Waals surface area contributed by atoms with Gasteiger partial charge in [-0.3, -0.25) is 0 Å². The van der Waals surface area contributed by atoms with Crippen LogP contribution in [0.3, 0.4) is 0 Å². The molecule has 110 valence electrons. The molecule has 1 heterocycles. The molecule has 1 aromatic heterocycles. The fourth-order valence-corrected chi connectivity index (χ4v) is 2.46. The summed E-state index contributed by atoms with van der Waals surface area (Å²) in [5.74, 6) is 0.662. The summed E-state index contributed by atoms with van der Waals surface area (Å²) in [5, 5.41) is 0. The van der Waals surface area contributed by atoms with E-state index in [4.69, 9.17) is 4.74 Å². The summed E-state index contributed by atoms with van der Waals surface area (Å²) in [7, 11) is 0. The zero-order valence-electron chi connectivity index (χ0n) is 12.9. The van der Waals surface area contributed by atoms with Crippen LogP contribution in [0.1, 0.15) is 16.7 Å². The van der Waals surface area contributed by atoms with E-state index < -0.39 is 0 Å². The van der Waals surface area contributed by atoms with E-state index in [1.165, 1.54) is 22.3 Å². The smallest absolute Gasteiger partial charge is 0.213 e. The third-order valence-corrected chi connectivity index (χ3v) is 3.79. The highest BCUT2D eigenvalue weighted by atomic mass is 16.5. The van der Waals surface area contributed by atoms with E-state index in [9.17, 15) is 0 Å². The molecule has 0 fully saturated rings. The highest BCUT2D eigenvalue weighted by molar-refractivity contribution is 5.68. The van der Waals surface area contributed by atoms with Gasteiger partial charge in [0.1, 0.15) is 6.61 Å². The molecule has 0 radical (unpaired) electrons. The van der Waals surface area contributed by atoms with Gasteiger partial charge in [-0.2, -0.15) is 0 Å². The van der Waals surface area contributed by atoms with Crippen LogP contribution in [-0.2, 0) is 6.61 Å². The van der Waals surface area contributed by atoms with Crippen molar-refractivity contribution in [2.45, 2.75) is 20.5 Å². The van der Waals surface area contributed by atoms with Gasteiger partial charge in [0.2, 0.25) is 5.88 Å². The molecule has 0 amide bonds. The Morgan fingerprint density at radius 3 is 2.41 bits per heavy atom. The lowest BCUT2D eigenvalue weighted by Gasteiger charge is -2.12. The van der Waals surface area contributed by atoms with Crippen molar-refractivity contribution < 1.29 is 4.74 Å². The highest BCUT2D eigenvalue weighted by Gasteiger charge is 2.06. The topological polar surface area (TPSA) is 22.1 Å². The first kappa shape index (κ1) is 14.3. The SMILES string of the molecule is Cc1ccc(OCc2cccc(-c3ccccc3)c2C)nc1. The van der Waals surface area contributed by atoms with Gasteiger partial charge < -0.3 is 4.74 Å². The quantitative estimate of drug-likeness (QED) is 0.678. The molecule has 0 aliphatic heterocycles. The highest BCUT2D eigenvalue weighted by Crippen LogP contribution is 2.26. The molecule has 2 heteroatoms. The van der Waals surface area contributed by atoms with Gasteiger partial charge >= 0.3 is 0 Å². The van der Waals surface area contributed by atoms with Crippen LogP contribution in [0, 0.1) is 13.8 Å². The van der Waals surface area contributed by atoms with Crippen molar-refractivity contribution in [1.82, 2.24) is 4.98 Å². The first-order valence-corrected chi connectivity index (χ1v) is 7.43. The van der Waals surface area contributed by atoms with Crippen molar-refractivity contribution >= 4 is 0 Å². The number of hydrogen-bond acceptors (Lipinski definition) is 2. The minimum Gasteiger partial charge on any atom is -0.473 e. The number of rotatable bonds is 4. The molecule has 0 saturated carbocycles. The van der Waals surface area contributed by atoms with Crippen molar-refractivity contribution in [3.8, 4) is 17.0 Å². The Hall–Kier alpha value is -2.61. The first-order valence-electron chi connectivity index (χ1n) is 7.43. The standard InChI is InChI=1S/C20H19NO/c1-15-11-12-20(21-13-15)22-14-18-9-6-10-19(16(18)2)17-7-4-3-5-8-17/h3-13H,14H2,1-2H3. The van der Waals surface area contributed by atoms with Crippen LogP contribution in [0.5, 0.6) is 5.88 Å². The van der Waals surface area contributed by atoms with Crippen LogP contribution in [0.25, 0.3) is 11.1 Å².